The molecule has 3 aliphatic rings. The normalized spacial score (nSPS) is 36.1. The van der Waals surface area contributed by atoms with Gasteiger partial charge in [0.25, 0.3) is 0 Å². The minimum atomic E-state index is -0.848. The number of hydrogen-bond donors (Lipinski definition) is 2. The van der Waals surface area contributed by atoms with Crippen LogP contribution in [0.4, 0.5) is 0 Å². The molecule has 1 saturated heterocycles. The van der Waals surface area contributed by atoms with E-state index in [0.29, 0.717) is 13.0 Å². The van der Waals surface area contributed by atoms with Gasteiger partial charge in [0.1, 0.15) is 0 Å². The molecule has 0 aromatic carbocycles. The van der Waals surface area contributed by atoms with Crippen LogP contribution in [-0.2, 0) is 14.3 Å². The lowest BCUT2D eigenvalue weighted by molar-refractivity contribution is -0.140. The molecule has 0 aromatic heterocycles. The molecule has 19 heavy (non-hydrogen) atoms. The van der Waals surface area contributed by atoms with Gasteiger partial charge in [-0.05, 0) is 32.1 Å². The molecule has 106 valence electrons. The Balaban J connectivity index is 1.52. The Morgan fingerprint density at radius 3 is 2.58 bits per heavy atom. The van der Waals surface area contributed by atoms with Crippen molar-refractivity contribution < 1.29 is 19.4 Å². The smallest absolute Gasteiger partial charge is 0.307 e. The van der Waals surface area contributed by atoms with E-state index >= 15 is 0 Å². The number of amides is 1. The molecule has 2 saturated carbocycles. The standard InChI is InChI=1S/C14H21NO4/c16-12(10-7-11(10)13(17)18)15-9-3-6-19-14(8-9)4-1-2-5-14/h9-11H,1-8H2,(H,15,16)(H,17,18). The Morgan fingerprint density at radius 1 is 1.21 bits per heavy atom. The van der Waals surface area contributed by atoms with Gasteiger partial charge in [-0.1, -0.05) is 12.8 Å². The van der Waals surface area contributed by atoms with Crippen LogP contribution in [0.25, 0.3) is 0 Å². The summed E-state index contributed by atoms with van der Waals surface area (Å²) >= 11 is 0. The van der Waals surface area contributed by atoms with Crippen LogP contribution in [0.1, 0.15) is 44.9 Å². The van der Waals surface area contributed by atoms with E-state index in [4.69, 9.17) is 9.84 Å². The summed E-state index contributed by atoms with van der Waals surface area (Å²) < 4.78 is 5.93. The molecular formula is C14H21NO4. The van der Waals surface area contributed by atoms with E-state index in [1.165, 1.54) is 12.8 Å². The minimum absolute atomic E-state index is 0.00799. The van der Waals surface area contributed by atoms with Crippen LogP contribution in [-0.4, -0.2) is 35.2 Å². The molecule has 3 rings (SSSR count). The fourth-order valence-electron chi connectivity index (χ4n) is 3.58. The molecule has 3 atom stereocenters. The van der Waals surface area contributed by atoms with Crippen molar-refractivity contribution >= 4 is 11.9 Å². The molecule has 0 aromatic rings. The summed E-state index contributed by atoms with van der Waals surface area (Å²) in [6.07, 6.45) is 6.85. The molecule has 2 aliphatic carbocycles. The highest BCUT2D eigenvalue weighted by Crippen LogP contribution is 2.41. The molecule has 1 heterocycles. The lowest BCUT2D eigenvalue weighted by Crippen LogP contribution is -2.47. The quantitative estimate of drug-likeness (QED) is 0.808. The third-order valence-electron chi connectivity index (χ3n) is 4.80. The molecule has 5 heteroatoms. The highest BCUT2D eigenvalue weighted by molar-refractivity contribution is 5.89. The Hall–Kier alpha value is -1.10. The summed E-state index contributed by atoms with van der Waals surface area (Å²) in [5.74, 6) is -1.69. The summed E-state index contributed by atoms with van der Waals surface area (Å²) in [5, 5.41) is 11.9. The number of nitrogens with one attached hydrogen (secondary N) is 1. The number of carboxylic acids is 1. The topological polar surface area (TPSA) is 75.6 Å². The third kappa shape index (κ3) is 2.61. The average Bonchev–Trinajstić information content (AvgIpc) is 3.07. The first-order valence-electron chi connectivity index (χ1n) is 7.27. The van der Waals surface area contributed by atoms with E-state index in [-0.39, 0.29) is 23.5 Å². The fourth-order valence-corrected chi connectivity index (χ4v) is 3.58. The van der Waals surface area contributed by atoms with Gasteiger partial charge in [-0.2, -0.15) is 0 Å². The number of rotatable bonds is 3. The van der Waals surface area contributed by atoms with E-state index in [1.807, 2.05) is 0 Å². The monoisotopic (exact) mass is 267 g/mol. The lowest BCUT2D eigenvalue weighted by Gasteiger charge is -2.38. The van der Waals surface area contributed by atoms with Crippen molar-refractivity contribution in [2.75, 3.05) is 6.61 Å². The van der Waals surface area contributed by atoms with E-state index in [1.54, 1.807) is 0 Å². The van der Waals surface area contributed by atoms with Crippen molar-refractivity contribution in [1.29, 1.82) is 0 Å². The second-order valence-electron chi connectivity index (χ2n) is 6.22. The Kier molecular flexibility index (Phi) is 3.25. The first-order valence-corrected chi connectivity index (χ1v) is 7.27. The summed E-state index contributed by atoms with van der Waals surface area (Å²) in [5.41, 5.74) is -0.00799. The second kappa shape index (κ2) is 4.78. The number of carbonyl (C=O) groups excluding carboxylic acids is 1. The van der Waals surface area contributed by atoms with Gasteiger partial charge in [0.2, 0.25) is 5.91 Å². The lowest BCUT2D eigenvalue weighted by atomic mass is 9.89. The molecule has 3 unspecified atom stereocenters. The maximum Gasteiger partial charge on any atom is 0.307 e. The highest BCUT2D eigenvalue weighted by atomic mass is 16.5. The maximum atomic E-state index is 12.0. The first kappa shape index (κ1) is 12.9. The van der Waals surface area contributed by atoms with E-state index < -0.39 is 11.9 Å². The van der Waals surface area contributed by atoms with Crippen LogP contribution >= 0.6 is 0 Å². The van der Waals surface area contributed by atoms with E-state index in [2.05, 4.69) is 5.32 Å². The molecule has 5 nitrogen and oxygen atoms in total. The zero-order chi connectivity index (χ0) is 13.5. The highest BCUT2D eigenvalue weighted by Gasteiger charge is 2.49. The van der Waals surface area contributed by atoms with Gasteiger partial charge < -0.3 is 15.2 Å². The average molecular weight is 267 g/mol. The van der Waals surface area contributed by atoms with Gasteiger partial charge in [-0.25, -0.2) is 0 Å². The van der Waals surface area contributed by atoms with Crippen LogP contribution in [0.15, 0.2) is 0 Å². The van der Waals surface area contributed by atoms with Crippen LogP contribution in [0.2, 0.25) is 0 Å². The molecule has 0 bridgehead atoms. The number of ether oxygens (including phenoxy) is 1. The Labute approximate surface area is 112 Å². The van der Waals surface area contributed by atoms with Crippen molar-refractivity contribution in [3.63, 3.8) is 0 Å². The van der Waals surface area contributed by atoms with Crippen LogP contribution in [0.5, 0.6) is 0 Å². The van der Waals surface area contributed by atoms with Crippen LogP contribution in [0.3, 0.4) is 0 Å². The second-order valence-corrected chi connectivity index (χ2v) is 6.22. The molecule has 1 spiro atoms. The van der Waals surface area contributed by atoms with Gasteiger partial charge in [-0.3, -0.25) is 9.59 Å². The van der Waals surface area contributed by atoms with Gasteiger partial charge >= 0.3 is 5.97 Å². The van der Waals surface area contributed by atoms with Gasteiger partial charge in [0.15, 0.2) is 0 Å². The Bertz CT molecular complexity index is 389. The summed E-state index contributed by atoms with van der Waals surface area (Å²) in [6.45, 7) is 0.706. The first-order chi connectivity index (χ1) is 9.10. The molecule has 0 radical (unpaired) electrons. The van der Waals surface area contributed by atoms with Crippen molar-refractivity contribution in [2.45, 2.75) is 56.6 Å². The molecule has 1 aliphatic heterocycles. The van der Waals surface area contributed by atoms with E-state index in [0.717, 1.165) is 25.7 Å². The van der Waals surface area contributed by atoms with Crippen molar-refractivity contribution in [2.24, 2.45) is 11.8 Å². The fraction of sp³-hybridized carbons (Fsp3) is 0.857. The largest absolute Gasteiger partial charge is 0.481 e. The Morgan fingerprint density at radius 2 is 1.95 bits per heavy atom. The van der Waals surface area contributed by atoms with Crippen molar-refractivity contribution in [3.8, 4) is 0 Å². The van der Waals surface area contributed by atoms with Gasteiger partial charge in [0.05, 0.1) is 17.4 Å². The molecule has 1 amide bonds. The number of carboxylic acid groups (broad SMARTS) is 1. The zero-order valence-corrected chi connectivity index (χ0v) is 11.1. The summed E-state index contributed by atoms with van der Waals surface area (Å²) in [6, 6.07) is 0.161. The van der Waals surface area contributed by atoms with Gasteiger partial charge in [-0.15, -0.1) is 0 Å². The molecular weight excluding hydrogens is 246 g/mol. The third-order valence-corrected chi connectivity index (χ3v) is 4.80. The number of hydrogen-bond acceptors (Lipinski definition) is 3. The molecule has 3 fully saturated rings. The predicted molar refractivity (Wildman–Crippen MR) is 67.5 cm³/mol. The van der Waals surface area contributed by atoms with Gasteiger partial charge in [0, 0.05) is 12.6 Å². The SMILES string of the molecule is O=C(O)C1CC1C(=O)NC1CCOC2(CCCC2)C1. The predicted octanol–water partition coefficient (Wildman–Crippen LogP) is 1.32. The summed E-state index contributed by atoms with van der Waals surface area (Å²) in [4.78, 5) is 22.7. The number of aliphatic carboxylic acids is 1. The van der Waals surface area contributed by atoms with E-state index in [9.17, 15) is 9.59 Å². The maximum absolute atomic E-state index is 12.0. The summed E-state index contributed by atoms with van der Waals surface area (Å²) in [7, 11) is 0. The van der Waals surface area contributed by atoms with Crippen molar-refractivity contribution in [1.82, 2.24) is 5.32 Å². The van der Waals surface area contributed by atoms with Crippen molar-refractivity contribution in [3.05, 3.63) is 0 Å². The van der Waals surface area contributed by atoms with Crippen LogP contribution in [0, 0.1) is 11.8 Å². The zero-order valence-electron chi connectivity index (χ0n) is 11.1. The van der Waals surface area contributed by atoms with Crippen LogP contribution < -0.4 is 5.32 Å². The number of carbonyl (C=O) groups is 2. The molecule has 2 N–H and O–H groups in total. The minimum Gasteiger partial charge on any atom is -0.481 e.